The van der Waals surface area contributed by atoms with E-state index in [2.05, 4.69) is 45.9 Å². The first kappa shape index (κ1) is 34.7. The summed E-state index contributed by atoms with van der Waals surface area (Å²) in [6, 6.07) is 6.48. The van der Waals surface area contributed by atoms with Crippen molar-refractivity contribution < 1.29 is 38.7 Å². The lowest BCUT2D eigenvalue weighted by molar-refractivity contribution is -0.142. The Hall–Kier alpha value is -2.70. The molecule has 2 saturated heterocycles. The van der Waals surface area contributed by atoms with Gasteiger partial charge in [0.05, 0.1) is 14.2 Å². The Morgan fingerprint density at radius 3 is 1.80 bits per heavy atom. The summed E-state index contributed by atoms with van der Waals surface area (Å²) in [5.41, 5.74) is 3.56. The molecular weight excluding hydrogens is 692 g/mol. The van der Waals surface area contributed by atoms with E-state index in [-0.39, 0.29) is 46.1 Å². The van der Waals surface area contributed by atoms with Crippen LogP contribution in [0.15, 0.2) is 22.7 Å². The molecule has 4 fully saturated rings. The molecule has 8 rings (SSSR count). The normalized spacial score (nSPS) is 34.8. The lowest BCUT2D eigenvalue weighted by Crippen LogP contribution is -2.63. The van der Waals surface area contributed by atoms with Gasteiger partial charge in [-0.05, 0) is 101 Å². The lowest BCUT2D eigenvalue weighted by Gasteiger charge is -2.58. The van der Waals surface area contributed by atoms with Crippen LogP contribution in [0.2, 0.25) is 0 Å². The number of carbonyl (C=O) groups is 2. The summed E-state index contributed by atoms with van der Waals surface area (Å²) >= 11 is 3.67. The molecule has 11 heteroatoms. The van der Waals surface area contributed by atoms with Crippen molar-refractivity contribution in [2.75, 3.05) is 55.6 Å². The molecule has 0 radical (unpaired) electrons. The maximum atomic E-state index is 12.8. The van der Waals surface area contributed by atoms with E-state index in [1.165, 1.54) is 0 Å². The summed E-state index contributed by atoms with van der Waals surface area (Å²) in [7, 11) is 10.7. The minimum Gasteiger partial charge on any atom is -0.504 e. The Morgan fingerprint density at radius 2 is 1.27 bits per heavy atom. The highest BCUT2D eigenvalue weighted by atomic mass is 79.9. The number of carbonyl (C=O) groups excluding carboxylic acids is 2. The number of rotatable bonds is 4. The zero-order valence-corrected chi connectivity index (χ0v) is 31.0. The fourth-order valence-corrected chi connectivity index (χ4v) is 11.5. The summed E-state index contributed by atoms with van der Waals surface area (Å²) in [4.78, 5) is 30.3. The number of benzene rings is 2. The standard InChI is InChI=1S/C19H24BrNO4.C19H25NO4/c1-21-5-4-19-9-14(22)15(24-2)7-11(19)13(21)6-10-12(20)8-16(25-3)18(23)17(10)19;1-20-7-6-19-10-14(21)16(24-3)9-12(19)13(20)8-11-4-5-15(23-2)18(22)17(11)19/h8,11,13,15,23H,4-7,9H2,1-3H3;4-5,12-13,16,22H,6-10H2,1-3H3/t11?,13?,15?,19-;12?,13?,16?,19-/m11/s1. The Balaban J connectivity index is 0.000000154. The van der Waals surface area contributed by atoms with E-state index in [4.69, 9.17) is 18.9 Å². The number of piperidine rings is 2. The molecule has 2 N–H and O–H groups in total. The van der Waals surface area contributed by atoms with Gasteiger partial charge < -0.3 is 39.0 Å². The molecule has 8 atom stereocenters. The molecule has 2 aliphatic heterocycles. The third-order valence-electron chi connectivity index (χ3n) is 13.3. The van der Waals surface area contributed by atoms with Crippen molar-refractivity contribution in [2.24, 2.45) is 11.8 Å². The van der Waals surface area contributed by atoms with Gasteiger partial charge in [0.1, 0.15) is 12.2 Å². The second kappa shape index (κ2) is 12.8. The smallest absolute Gasteiger partial charge is 0.162 e. The van der Waals surface area contributed by atoms with Crippen molar-refractivity contribution in [1.82, 2.24) is 9.80 Å². The number of methoxy groups -OCH3 is 4. The molecule has 4 bridgehead atoms. The van der Waals surface area contributed by atoms with Crippen LogP contribution in [0.3, 0.4) is 0 Å². The van der Waals surface area contributed by atoms with Gasteiger partial charge in [0, 0.05) is 65.6 Å². The molecule has 0 amide bonds. The first-order chi connectivity index (χ1) is 23.4. The van der Waals surface area contributed by atoms with Gasteiger partial charge in [-0.2, -0.15) is 0 Å². The van der Waals surface area contributed by atoms with E-state index in [0.717, 1.165) is 78.3 Å². The minimum atomic E-state index is -0.329. The Morgan fingerprint density at radius 1 is 0.755 bits per heavy atom. The maximum Gasteiger partial charge on any atom is 0.162 e. The number of halogens is 1. The van der Waals surface area contributed by atoms with Crippen LogP contribution in [0.1, 0.15) is 60.8 Å². The van der Waals surface area contributed by atoms with Crippen molar-refractivity contribution in [3.05, 3.63) is 44.9 Å². The van der Waals surface area contributed by atoms with Crippen LogP contribution < -0.4 is 9.47 Å². The zero-order chi connectivity index (χ0) is 35.0. The molecule has 2 aromatic carbocycles. The van der Waals surface area contributed by atoms with Crippen molar-refractivity contribution in [2.45, 2.75) is 86.5 Å². The van der Waals surface area contributed by atoms with Crippen LogP contribution in [-0.4, -0.2) is 111 Å². The third kappa shape index (κ3) is 5.16. The monoisotopic (exact) mass is 740 g/mol. The van der Waals surface area contributed by atoms with Gasteiger partial charge in [-0.15, -0.1) is 0 Å². The van der Waals surface area contributed by atoms with Gasteiger partial charge in [0.2, 0.25) is 0 Å². The number of likely N-dealkylation sites (tertiary alicyclic amines) is 2. The number of ether oxygens (including phenoxy) is 4. The predicted molar refractivity (Wildman–Crippen MR) is 187 cm³/mol. The fraction of sp³-hybridized carbons (Fsp3) is 0.632. The minimum absolute atomic E-state index is 0.147. The lowest BCUT2D eigenvalue weighted by atomic mass is 9.51. The SMILES string of the molecule is COc1cc(Br)c2c(c1O)[C@@]13CCN(C)C(C2)C1CC(OC)C(=O)C3.COc1ccc2c(c1O)[C@@]13CCN(C)C(C2)C1CC(OC)C(=O)C3. The number of likely N-dealkylation sites (N-methyl/N-ethyl adjacent to an activating group) is 2. The number of phenolic OH excluding ortho intramolecular Hbond substituents is 2. The van der Waals surface area contributed by atoms with E-state index < -0.39 is 0 Å². The van der Waals surface area contributed by atoms with Crippen LogP contribution in [0.5, 0.6) is 23.0 Å². The second-order valence-corrected chi connectivity index (χ2v) is 16.0. The maximum absolute atomic E-state index is 12.8. The fourth-order valence-electron chi connectivity index (χ4n) is 10.9. The van der Waals surface area contributed by atoms with Gasteiger partial charge in [-0.25, -0.2) is 0 Å². The van der Waals surface area contributed by atoms with E-state index in [1.807, 2.05) is 12.1 Å². The molecule has 2 saturated carbocycles. The van der Waals surface area contributed by atoms with E-state index in [1.54, 1.807) is 28.4 Å². The number of ketones is 2. The summed E-state index contributed by atoms with van der Waals surface area (Å²) in [5, 5.41) is 21.9. The highest BCUT2D eigenvalue weighted by Gasteiger charge is 2.60. The molecule has 6 unspecified atom stereocenters. The average molecular weight is 742 g/mol. The summed E-state index contributed by atoms with van der Waals surface area (Å²) in [5.74, 6) is 2.33. The third-order valence-corrected chi connectivity index (χ3v) is 14.0. The molecule has 2 aromatic rings. The van der Waals surface area contributed by atoms with Gasteiger partial charge >= 0.3 is 0 Å². The Bertz CT molecular complexity index is 1670. The summed E-state index contributed by atoms with van der Waals surface area (Å²) < 4.78 is 22.6. The number of phenols is 2. The number of aromatic hydroxyl groups is 2. The Labute approximate surface area is 297 Å². The van der Waals surface area contributed by atoms with Crippen molar-refractivity contribution in [1.29, 1.82) is 0 Å². The van der Waals surface area contributed by atoms with Gasteiger partial charge in [0.15, 0.2) is 34.6 Å². The number of hydrogen-bond acceptors (Lipinski definition) is 10. The molecule has 6 aliphatic rings. The molecule has 266 valence electrons. The van der Waals surface area contributed by atoms with Crippen molar-refractivity contribution in [3.8, 4) is 23.0 Å². The molecule has 10 nitrogen and oxygen atoms in total. The number of nitrogens with zero attached hydrogens (tertiary/aromatic N) is 2. The molecule has 0 aromatic heterocycles. The van der Waals surface area contributed by atoms with Crippen molar-refractivity contribution >= 4 is 27.5 Å². The van der Waals surface area contributed by atoms with E-state index >= 15 is 0 Å². The first-order valence-electron chi connectivity index (χ1n) is 17.4. The first-order valence-corrected chi connectivity index (χ1v) is 18.2. The predicted octanol–water partition coefficient (Wildman–Crippen LogP) is 4.55. The van der Waals surface area contributed by atoms with Crippen LogP contribution in [0, 0.1) is 11.8 Å². The summed E-state index contributed by atoms with van der Waals surface area (Å²) in [6.45, 7) is 1.88. The molecule has 4 aliphatic carbocycles. The molecule has 2 heterocycles. The Kier molecular flexibility index (Phi) is 9.08. The average Bonchev–Trinajstić information content (AvgIpc) is 3.08. The van der Waals surface area contributed by atoms with E-state index in [0.29, 0.717) is 48.3 Å². The highest BCUT2D eigenvalue weighted by Crippen LogP contribution is 2.61. The number of hydrogen-bond donors (Lipinski definition) is 2. The second-order valence-electron chi connectivity index (χ2n) is 15.1. The van der Waals surface area contributed by atoms with Crippen molar-refractivity contribution in [3.63, 3.8) is 0 Å². The van der Waals surface area contributed by atoms with Gasteiger partial charge in [-0.3, -0.25) is 9.59 Å². The molecule has 49 heavy (non-hydrogen) atoms. The quantitative estimate of drug-likeness (QED) is 0.463. The van der Waals surface area contributed by atoms with Gasteiger partial charge in [-0.1, -0.05) is 22.0 Å². The van der Waals surface area contributed by atoms with Crippen LogP contribution in [0.4, 0.5) is 0 Å². The zero-order valence-electron chi connectivity index (χ0n) is 29.4. The van der Waals surface area contributed by atoms with Crippen LogP contribution in [0.25, 0.3) is 0 Å². The largest absolute Gasteiger partial charge is 0.504 e. The van der Waals surface area contributed by atoms with Crippen LogP contribution in [-0.2, 0) is 42.7 Å². The molecular formula is C38H49BrN2O8. The molecule has 0 spiro atoms. The van der Waals surface area contributed by atoms with Crippen LogP contribution >= 0.6 is 15.9 Å². The van der Waals surface area contributed by atoms with Gasteiger partial charge in [0.25, 0.3) is 0 Å². The number of fused-ring (bicyclic) bond motifs is 2. The highest BCUT2D eigenvalue weighted by molar-refractivity contribution is 9.10. The topological polar surface area (TPSA) is 118 Å². The van der Waals surface area contributed by atoms with E-state index in [9.17, 15) is 19.8 Å². The number of Topliss-reactive ketones (excluding diaryl/α,β-unsaturated/α-hetero) is 2. The summed E-state index contributed by atoms with van der Waals surface area (Å²) in [6.07, 6.45) is 5.22.